The number of hydrogen-bond acceptors (Lipinski definition) is 5. The Morgan fingerprint density at radius 3 is 2.74 bits per heavy atom. The largest absolute Gasteiger partial charge is 0.345 e. The van der Waals surface area contributed by atoms with Crippen LogP contribution in [0.15, 0.2) is 47.5 Å². The fourth-order valence-corrected chi connectivity index (χ4v) is 4.57. The molecule has 1 amide bonds. The third-order valence-electron chi connectivity index (χ3n) is 6.89. The number of rotatable bonds is 6. The number of pyridine rings is 3. The minimum atomic E-state index is -0.925. The zero-order chi connectivity index (χ0) is 23.2. The number of nitrogens with zero attached hydrogens (tertiary/aromatic N) is 3. The Hall–Kier alpha value is -3.39. The number of aromatic nitrogens is 3. The van der Waals surface area contributed by atoms with Crippen molar-refractivity contribution in [3.05, 3.63) is 75.5 Å². The number of nitrogens with one attached hydrogen (secondary N) is 2. The van der Waals surface area contributed by atoms with Gasteiger partial charge in [-0.3, -0.25) is 24.5 Å². The summed E-state index contributed by atoms with van der Waals surface area (Å²) in [5.41, 5.74) is 6.10. The molecule has 34 heavy (non-hydrogen) atoms. The Balaban J connectivity index is 1.09. The summed E-state index contributed by atoms with van der Waals surface area (Å²) in [7, 11) is 0. The zero-order valence-electron chi connectivity index (χ0n) is 18.8. The third kappa shape index (κ3) is 4.37. The molecule has 3 aromatic rings. The van der Waals surface area contributed by atoms with Crippen molar-refractivity contribution in [2.24, 2.45) is 0 Å². The van der Waals surface area contributed by atoms with E-state index in [4.69, 9.17) is 0 Å². The van der Waals surface area contributed by atoms with Crippen molar-refractivity contribution in [1.82, 2.24) is 25.2 Å². The summed E-state index contributed by atoms with van der Waals surface area (Å²) >= 11 is 0. The molecule has 0 radical (unpaired) electrons. The highest BCUT2D eigenvalue weighted by molar-refractivity contribution is 5.93. The molecule has 2 unspecified atom stereocenters. The highest BCUT2D eigenvalue weighted by atomic mass is 19.1. The smallest absolute Gasteiger partial charge is 0.270 e. The number of halogens is 1. The Morgan fingerprint density at radius 2 is 2.06 bits per heavy atom. The lowest BCUT2D eigenvalue weighted by Crippen LogP contribution is -2.28. The molecule has 2 fully saturated rings. The van der Waals surface area contributed by atoms with Crippen molar-refractivity contribution in [2.45, 2.75) is 50.4 Å². The van der Waals surface area contributed by atoms with Gasteiger partial charge in [0.05, 0.1) is 17.1 Å². The standard InChI is InChI=1S/C26H26FN5O2/c27-20-11-22(20)30-26(34)21-4-3-18(13-29-21)16-5-7-32(8-6-16)14-15-9-24-23(28-12-15)10-19(17-1-2-17)25(33)31-24/h3-5,9-10,12-13,17,20,22H,1-2,6-8,11,14H2,(H,30,34)(H,31,33). The van der Waals surface area contributed by atoms with Gasteiger partial charge in [0.15, 0.2) is 0 Å². The maximum Gasteiger partial charge on any atom is 0.270 e. The monoisotopic (exact) mass is 459 g/mol. The summed E-state index contributed by atoms with van der Waals surface area (Å²) in [4.78, 5) is 38.7. The lowest BCUT2D eigenvalue weighted by Gasteiger charge is -2.26. The number of amides is 1. The lowest BCUT2D eigenvalue weighted by molar-refractivity contribution is 0.0942. The number of aromatic amines is 1. The number of fused-ring (bicyclic) bond motifs is 1. The normalized spacial score (nSPS) is 22.4. The molecular weight excluding hydrogens is 433 g/mol. The third-order valence-corrected chi connectivity index (χ3v) is 6.89. The van der Waals surface area contributed by atoms with Crippen LogP contribution < -0.4 is 10.9 Å². The topological polar surface area (TPSA) is 91.0 Å². The number of carbonyl (C=O) groups is 1. The van der Waals surface area contributed by atoms with E-state index in [2.05, 4.69) is 31.2 Å². The highest BCUT2D eigenvalue weighted by Gasteiger charge is 2.39. The van der Waals surface area contributed by atoms with Crippen LogP contribution in [0.4, 0.5) is 4.39 Å². The molecule has 7 nitrogen and oxygen atoms in total. The van der Waals surface area contributed by atoms with Gasteiger partial charge in [-0.05, 0) is 60.1 Å². The van der Waals surface area contributed by atoms with Crippen molar-refractivity contribution >= 4 is 22.5 Å². The van der Waals surface area contributed by atoms with Crippen molar-refractivity contribution in [3.63, 3.8) is 0 Å². The van der Waals surface area contributed by atoms with Gasteiger partial charge in [0.1, 0.15) is 11.9 Å². The van der Waals surface area contributed by atoms with Gasteiger partial charge in [0.2, 0.25) is 0 Å². The second-order valence-corrected chi connectivity index (χ2v) is 9.58. The van der Waals surface area contributed by atoms with Gasteiger partial charge in [-0.1, -0.05) is 12.1 Å². The van der Waals surface area contributed by atoms with Gasteiger partial charge in [0, 0.05) is 44.0 Å². The second kappa shape index (κ2) is 8.43. The molecule has 0 saturated heterocycles. The number of carbonyl (C=O) groups excluding carboxylic acids is 1. The van der Waals surface area contributed by atoms with Gasteiger partial charge in [-0.15, -0.1) is 0 Å². The predicted molar refractivity (Wildman–Crippen MR) is 127 cm³/mol. The first-order valence-corrected chi connectivity index (χ1v) is 11.9. The average Bonchev–Trinajstić information content (AvgIpc) is 3.78. The molecule has 2 aliphatic carbocycles. The van der Waals surface area contributed by atoms with Crippen molar-refractivity contribution in [2.75, 3.05) is 13.1 Å². The predicted octanol–water partition coefficient (Wildman–Crippen LogP) is 3.33. The molecule has 0 bridgehead atoms. The van der Waals surface area contributed by atoms with E-state index in [1.54, 1.807) is 12.3 Å². The van der Waals surface area contributed by atoms with Crippen LogP contribution in [0.3, 0.4) is 0 Å². The number of alkyl halides is 1. The van der Waals surface area contributed by atoms with E-state index in [1.165, 1.54) is 5.57 Å². The molecule has 174 valence electrons. The SMILES string of the molecule is O=C(NC1CC1F)c1ccc(C2=CCN(Cc3cnc4cc(C5CC5)c(=O)[nH]c4c3)CC2)cn1. The van der Waals surface area contributed by atoms with Crippen LogP contribution in [0.1, 0.15) is 58.8 Å². The van der Waals surface area contributed by atoms with E-state index in [1.807, 2.05) is 24.4 Å². The molecule has 8 heteroatoms. The average molecular weight is 460 g/mol. The maximum atomic E-state index is 13.0. The number of H-pyrrole nitrogens is 1. The van der Waals surface area contributed by atoms with Gasteiger partial charge < -0.3 is 10.3 Å². The first-order chi connectivity index (χ1) is 16.5. The molecule has 2 N–H and O–H groups in total. The van der Waals surface area contributed by atoms with Crippen LogP contribution in [-0.4, -0.2) is 51.1 Å². The minimum absolute atomic E-state index is 0.00996. The Morgan fingerprint density at radius 1 is 1.21 bits per heavy atom. The molecule has 4 heterocycles. The minimum Gasteiger partial charge on any atom is -0.345 e. The summed E-state index contributed by atoms with van der Waals surface area (Å²) in [5, 5.41) is 2.65. The van der Waals surface area contributed by atoms with E-state index in [0.717, 1.165) is 66.6 Å². The first kappa shape index (κ1) is 21.2. The quantitative estimate of drug-likeness (QED) is 0.590. The number of hydrogen-bond donors (Lipinski definition) is 2. The van der Waals surface area contributed by atoms with Crippen molar-refractivity contribution in [3.8, 4) is 0 Å². The van der Waals surface area contributed by atoms with Crippen LogP contribution in [0.2, 0.25) is 0 Å². The second-order valence-electron chi connectivity index (χ2n) is 9.58. The lowest BCUT2D eigenvalue weighted by atomic mass is 10.0. The van der Waals surface area contributed by atoms with Crippen LogP contribution in [-0.2, 0) is 6.54 Å². The summed E-state index contributed by atoms with van der Waals surface area (Å²) in [6.07, 6.45) is 8.33. The highest BCUT2D eigenvalue weighted by Crippen LogP contribution is 2.38. The molecule has 3 aliphatic rings. The van der Waals surface area contributed by atoms with Crippen LogP contribution in [0, 0.1) is 0 Å². The van der Waals surface area contributed by atoms with E-state index in [0.29, 0.717) is 18.0 Å². The van der Waals surface area contributed by atoms with Gasteiger partial charge in [0.25, 0.3) is 11.5 Å². The van der Waals surface area contributed by atoms with Gasteiger partial charge in [-0.25, -0.2) is 4.39 Å². The molecule has 2 atom stereocenters. The summed E-state index contributed by atoms with van der Waals surface area (Å²) in [6.45, 7) is 2.45. The molecular formula is C26H26FN5O2. The molecule has 6 rings (SSSR count). The zero-order valence-corrected chi connectivity index (χ0v) is 18.8. The molecule has 0 spiro atoms. The van der Waals surface area contributed by atoms with Crippen LogP contribution >= 0.6 is 0 Å². The van der Waals surface area contributed by atoms with E-state index in [9.17, 15) is 14.0 Å². The maximum absolute atomic E-state index is 13.0. The first-order valence-electron chi connectivity index (χ1n) is 11.9. The fraction of sp³-hybridized carbons (Fsp3) is 0.385. The summed E-state index contributed by atoms with van der Waals surface area (Å²) in [6, 6.07) is 7.21. The fourth-order valence-electron chi connectivity index (χ4n) is 4.57. The Bertz CT molecular complexity index is 1350. The van der Waals surface area contributed by atoms with E-state index < -0.39 is 6.17 Å². The van der Waals surface area contributed by atoms with Gasteiger partial charge >= 0.3 is 0 Å². The molecule has 0 aromatic carbocycles. The molecule has 3 aromatic heterocycles. The van der Waals surface area contributed by atoms with E-state index >= 15 is 0 Å². The van der Waals surface area contributed by atoms with Gasteiger partial charge in [-0.2, -0.15) is 0 Å². The summed E-state index contributed by atoms with van der Waals surface area (Å²) in [5.74, 6) is 0.0778. The molecule has 1 aliphatic heterocycles. The van der Waals surface area contributed by atoms with Crippen LogP contribution in [0.25, 0.3) is 16.6 Å². The van der Waals surface area contributed by atoms with Crippen molar-refractivity contribution in [1.29, 1.82) is 0 Å². The Labute approximate surface area is 196 Å². The summed E-state index contributed by atoms with van der Waals surface area (Å²) < 4.78 is 13.0. The Kier molecular flexibility index (Phi) is 5.25. The van der Waals surface area contributed by atoms with Crippen molar-refractivity contribution < 1.29 is 9.18 Å². The molecule has 2 saturated carbocycles. The van der Waals surface area contributed by atoms with Crippen LogP contribution in [0.5, 0.6) is 0 Å². The van der Waals surface area contributed by atoms with E-state index in [-0.39, 0.29) is 17.5 Å².